The molecule has 3 saturated heterocycles. The highest BCUT2D eigenvalue weighted by molar-refractivity contribution is 9.09. The third-order valence-electron chi connectivity index (χ3n) is 7.50. The van der Waals surface area contributed by atoms with Gasteiger partial charge in [-0.1, -0.05) is 36.7 Å². The fourth-order valence-electron chi connectivity index (χ4n) is 5.90. The molecule has 0 saturated carbocycles. The van der Waals surface area contributed by atoms with Crippen LogP contribution in [-0.2, 0) is 14.4 Å². The van der Waals surface area contributed by atoms with E-state index in [0.29, 0.717) is 24.4 Å². The van der Waals surface area contributed by atoms with Gasteiger partial charge in [0.05, 0.1) is 36.3 Å². The number of amides is 3. The first-order valence-electron chi connectivity index (χ1n) is 12.2. The van der Waals surface area contributed by atoms with Crippen molar-refractivity contribution in [3.8, 4) is 5.75 Å². The van der Waals surface area contributed by atoms with Gasteiger partial charge in [-0.25, -0.2) is 0 Å². The van der Waals surface area contributed by atoms with Crippen molar-refractivity contribution in [2.24, 2.45) is 17.8 Å². The van der Waals surface area contributed by atoms with Gasteiger partial charge in [0.1, 0.15) is 11.8 Å². The van der Waals surface area contributed by atoms with E-state index in [-0.39, 0.29) is 40.3 Å². The first-order chi connectivity index (χ1) is 16.7. The van der Waals surface area contributed by atoms with E-state index in [1.54, 1.807) is 48.0 Å². The summed E-state index contributed by atoms with van der Waals surface area (Å²) < 4.78 is 4.46. The van der Waals surface area contributed by atoms with Crippen LogP contribution in [0.4, 0.5) is 5.69 Å². The van der Waals surface area contributed by atoms with E-state index < -0.39 is 28.7 Å². The van der Waals surface area contributed by atoms with E-state index in [4.69, 9.17) is 4.74 Å². The number of anilines is 1. The van der Waals surface area contributed by atoms with E-state index in [1.807, 2.05) is 20.8 Å². The SMILES string of the molecule is CCCNC(=O)[C@H]1[C@@H]2SC3(CC2Br)C(C(=O)Nc2ccc(OC)cc2)N([C@@H](CO)C(C)C)C(=O)[C@H]13. The quantitative estimate of drug-likeness (QED) is 0.396. The lowest BCUT2D eigenvalue weighted by molar-refractivity contribution is -0.142. The van der Waals surface area contributed by atoms with E-state index >= 15 is 0 Å². The van der Waals surface area contributed by atoms with Gasteiger partial charge in [0.15, 0.2) is 0 Å². The number of aliphatic hydroxyl groups is 1. The van der Waals surface area contributed by atoms with E-state index in [0.717, 1.165) is 6.42 Å². The van der Waals surface area contributed by atoms with Gasteiger partial charge in [0.25, 0.3) is 0 Å². The maximum atomic E-state index is 14.0. The zero-order chi connectivity index (χ0) is 25.5. The van der Waals surface area contributed by atoms with E-state index in [2.05, 4.69) is 26.6 Å². The Morgan fingerprint density at radius 1 is 1.29 bits per heavy atom. The number of thioether (sulfide) groups is 1. The molecule has 1 spiro atoms. The number of fused-ring (bicyclic) bond motifs is 1. The zero-order valence-corrected chi connectivity index (χ0v) is 22.9. The summed E-state index contributed by atoms with van der Waals surface area (Å²) in [6.07, 6.45) is 1.40. The van der Waals surface area contributed by atoms with Gasteiger partial charge in [-0.05, 0) is 43.0 Å². The average molecular weight is 569 g/mol. The fraction of sp³-hybridized carbons (Fsp3) is 0.640. The normalized spacial score (nSPS) is 32.0. The fourth-order valence-corrected chi connectivity index (χ4v) is 9.49. The van der Waals surface area contributed by atoms with Crippen molar-refractivity contribution >= 4 is 51.1 Å². The predicted octanol–water partition coefficient (Wildman–Crippen LogP) is 2.64. The third-order valence-corrected chi connectivity index (χ3v) is 10.7. The van der Waals surface area contributed by atoms with Crippen molar-refractivity contribution in [1.29, 1.82) is 0 Å². The minimum Gasteiger partial charge on any atom is -0.497 e. The van der Waals surface area contributed by atoms with Gasteiger partial charge in [-0.15, -0.1) is 11.8 Å². The lowest BCUT2D eigenvalue weighted by atomic mass is 9.70. The topological polar surface area (TPSA) is 108 Å². The number of hydrogen-bond donors (Lipinski definition) is 3. The molecule has 4 rings (SSSR count). The molecular weight excluding hydrogens is 534 g/mol. The van der Waals surface area contributed by atoms with Crippen LogP contribution in [-0.4, -0.2) is 74.9 Å². The van der Waals surface area contributed by atoms with Crippen LogP contribution in [0.25, 0.3) is 0 Å². The number of alkyl halides is 1. The number of nitrogens with zero attached hydrogens (tertiary/aromatic N) is 1. The molecule has 35 heavy (non-hydrogen) atoms. The molecule has 3 N–H and O–H groups in total. The number of methoxy groups -OCH3 is 1. The van der Waals surface area contributed by atoms with Crippen molar-refractivity contribution in [2.75, 3.05) is 25.6 Å². The molecule has 8 nitrogen and oxygen atoms in total. The van der Waals surface area contributed by atoms with E-state index in [9.17, 15) is 19.5 Å². The van der Waals surface area contributed by atoms with E-state index in [1.165, 1.54) is 0 Å². The number of hydrogen-bond acceptors (Lipinski definition) is 6. The molecule has 0 aromatic heterocycles. The van der Waals surface area contributed by atoms with Gasteiger partial charge in [-0.3, -0.25) is 14.4 Å². The van der Waals surface area contributed by atoms with Crippen LogP contribution in [0.2, 0.25) is 0 Å². The maximum absolute atomic E-state index is 14.0. The first kappa shape index (κ1) is 26.3. The molecule has 2 bridgehead atoms. The van der Waals surface area contributed by atoms with Crippen LogP contribution in [0.15, 0.2) is 24.3 Å². The molecular formula is C25H34BrN3O5S. The first-order valence-corrected chi connectivity index (χ1v) is 14.0. The summed E-state index contributed by atoms with van der Waals surface area (Å²) in [7, 11) is 1.58. The Morgan fingerprint density at radius 2 is 1.97 bits per heavy atom. The van der Waals surface area contributed by atoms with Crippen molar-refractivity contribution in [2.45, 2.75) is 60.5 Å². The van der Waals surface area contributed by atoms with Crippen LogP contribution in [0.5, 0.6) is 5.75 Å². The van der Waals surface area contributed by atoms with Gasteiger partial charge < -0.3 is 25.4 Å². The highest BCUT2D eigenvalue weighted by Crippen LogP contribution is 2.68. The summed E-state index contributed by atoms with van der Waals surface area (Å²) in [6, 6.07) is 5.70. The van der Waals surface area contributed by atoms with Crippen LogP contribution < -0.4 is 15.4 Å². The molecule has 3 fully saturated rings. The molecule has 1 aromatic rings. The molecule has 3 heterocycles. The van der Waals surface area contributed by atoms with Gasteiger partial charge >= 0.3 is 0 Å². The summed E-state index contributed by atoms with van der Waals surface area (Å²) in [6.45, 7) is 6.14. The van der Waals surface area contributed by atoms with Crippen LogP contribution >= 0.6 is 27.7 Å². The maximum Gasteiger partial charge on any atom is 0.248 e. The Labute approximate surface area is 219 Å². The minimum absolute atomic E-state index is 0.0109. The second kappa shape index (κ2) is 10.3. The summed E-state index contributed by atoms with van der Waals surface area (Å²) in [5, 5.41) is 16.1. The number of carbonyl (C=O) groups is 3. The van der Waals surface area contributed by atoms with Crippen LogP contribution in [0, 0.1) is 17.8 Å². The molecule has 0 aliphatic carbocycles. The smallest absolute Gasteiger partial charge is 0.248 e. The molecule has 7 atom stereocenters. The molecule has 3 amide bonds. The zero-order valence-electron chi connectivity index (χ0n) is 20.5. The number of halogens is 1. The minimum atomic E-state index is -0.805. The summed E-state index contributed by atoms with van der Waals surface area (Å²) >= 11 is 5.36. The lowest BCUT2D eigenvalue weighted by Crippen LogP contribution is -2.56. The monoisotopic (exact) mass is 567 g/mol. The summed E-state index contributed by atoms with van der Waals surface area (Å²) in [5.74, 6) is -1.16. The van der Waals surface area contributed by atoms with Gasteiger partial charge in [0.2, 0.25) is 17.7 Å². The largest absolute Gasteiger partial charge is 0.497 e. The Hall–Kier alpha value is -1.78. The number of benzene rings is 1. The Morgan fingerprint density at radius 3 is 2.54 bits per heavy atom. The second-order valence-corrected chi connectivity index (χ2v) is 12.6. The van der Waals surface area contributed by atoms with Crippen molar-refractivity contribution in [3.63, 3.8) is 0 Å². The van der Waals surface area contributed by atoms with Gasteiger partial charge in [-0.2, -0.15) is 0 Å². The number of ether oxygens (including phenoxy) is 1. The second-order valence-electron chi connectivity index (χ2n) is 9.91. The lowest BCUT2D eigenvalue weighted by Gasteiger charge is -2.38. The number of likely N-dealkylation sites (tertiary alicyclic amines) is 1. The van der Waals surface area contributed by atoms with Crippen molar-refractivity contribution < 1.29 is 24.2 Å². The highest BCUT2D eigenvalue weighted by Gasteiger charge is 2.76. The number of nitrogens with one attached hydrogen (secondary N) is 2. The van der Waals surface area contributed by atoms with Crippen LogP contribution in [0.3, 0.4) is 0 Å². The molecule has 3 unspecified atom stereocenters. The molecule has 10 heteroatoms. The van der Waals surface area contributed by atoms with Crippen molar-refractivity contribution in [3.05, 3.63) is 24.3 Å². The van der Waals surface area contributed by atoms with Gasteiger partial charge in [0, 0.05) is 22.3 Å². The summed E-state index contributed by atoms with van der Waals surface area (Å²) in [5.41, 5.74) is 0.596. The Bertz CT molecular complexity index is 976. The Kier molecular flexibility index (Phi) is 7.74. The molecule has 3 aliphatic heterocycles. The molecule has 3 aliphatic rings. The summed E-state index contributed by atoms with van der Waals surface area (Å²) in [4.78, 5) is 42.8. The van der Waals surface area contributed by atoms with Crippen molar-refractivity contribution in [1.82, 2.24) is 10.2 Å². The Balaban J connectivity index is 1.74. The number of rotatable bonds is 9. The van der Waals surface area contributed by atoms with Crippen LogP contribution in [0.1, 0.15) is 33.6 Å². The standard InChI is InChI=1S/C25H34BrN3O5S/c1-5-10-27-22(31)18-19-24(33)29(17(12-30)13(2)3)21(25(19)11-16(26)20(18)35-25)23(32)28-14-6-8-15(34-4)9-7-14/h6-9,13,16-21,30H,5,10-12H2,1-4H3,(H,27,31)(H,28,32)/t16?,17-,18+,19-,20+,21?,25?/m0/s1. The highest BCUT2D eigenvalue weighted by atomic mass is 79.9. The predicted molar refractivity (Wildman–Crippen MR) is 140 cm³/mol. The molecule has 192 valence electrons. The number of aliphatic hydroxyl groups excluding tert-OH is 1. The average Bonchev–Trinajstić information content (AvgIpc) is 3.42. The number of carbonyl (C=O) groups excluding carboxylic acids is 3. The third kappa shape index (κ3) is 4.35. The molecule has 0 radical (unpaired) electrons. The molecule has 1 aromatic carbocycles.